The summed E-state index contributed by atoms with van der Waals surface area (Å²) < 4.78 is 13.1. The van der Waals surface area contributed by atoms with E-state index in [2.05, 4.69) is 0 Å². The van der Waals surface area contributed by atoms with E-state index in [-0.39, 0.29) is 5.82 Å². The lowest BCUT2D eigenvalue weighted by molar-refractivity contribution is 0.624. The average molecular weight is 296 g/mol. The number of halogens is 2. The summed E-state index contributed by atoms with van der Waals surface area (Å²) in [4.78, 5) is 0. The van der Waals surface area contributed by atoms with Crippen molar-refractivity contribution < 1.29 is 4.39 Å². The van der Waals surface area contributed by atoms with E-state index in [9.17, 15) is 4.39 Å². The molecule has 0 saturated heterocycles. The van der Waals surface area contributed by atoms with Crippen LogP contribution >= 0.6 is 23.4 Å². The molecule has 0 bridgehead atoms. The van der Waals surface area contributed by atoms with Crippen LogP contribution in [0.15, 0.2) is 42.5 Å². The van der Waals surface area contributed by atoms with Crippen molar-refractivity contribution >= 4 is 23.4 Å². The van der Waals surface area contributed by atoms with Gasteiger partial charge in [-0.05, 0) is 34.9 Å². The van der Waals surface area contributed by atoms with Gasteiger partial charge in [-0.3, -0.25) is 0 Å². The lowest BCUT2D eigenvalue weighted by atomic mass is 10.1. The maximum atomic E-state index is 13.1. The molecule has 2 N–H and O–H groups in total. The van der Waals surface area contributed by atoms with Crippen molar-refractivity contribution in [3.05, 3.63) is 70.0 Å². The second-order valence-electron chi connectivity index (χ2n) is 4.20. The van der Waals surface area contributed by atoms with Gasteiger partial charge in [0.1, 0.15) is 5.82 Å². The summed E-state index contributed by atoms with van der Waals surface area (Å²) in [6, 6.07) is 12.6. The second-order valence-corrected chi connectivity index (χ2v) is 5.59. The third-order valence-electron chi connectivity index (χ3n) is 2.86. The fraction of sp³-hybridized carbons (Fsp3) is 0.200. The molecule has 0 radical (unpaired) electrons. The molecule has 0 saturated carbocycles. The third kappa shape index (κ3) is 3.96. The van der Waals surface area contributed by atoms with E-state index in [1.807, 2.05) is 24.3 Å². The van der Waals surface area contributed by atoms with Crippen LogP contribution in [0.3, 0.4) is 0 Å². The molecule has 0 aromatic heterocycles. The molecule has 100 valence electrons. The molecule has 2 aromatic rings. The molecule has 0 fully saturated rings. The Morgan fingerprint density at radius 1 is 1.00 bits per heavy atom. The SMILES string of the molecule is NCc1cc(F)ccc1CSCc1ccccc1Cl. The number of rotatable bonds is 5. The zero-order chi connectivity index (χ0) is 13.7. The van der Waals surface area contributed by atoms with Crippen LogP contribution in [0.1, 0.15) is 16.7 Å². The smallest absolute Gasteiger partial charge is 0.123 e. The summed E-state index contributed by atoms with van der Waals surface area (Å²) in [6.45, 7) is 0.361. The van der Waals surface area contributed by atoms with Crippen molar-refractivity contribution in [1.82, 2.24) is 0 Å². The van der Waals surface area contributed by atoms with Crippen LogP contribution in [0.25, 0.3) is 0 Å². The zero-order valence-electron chi connectivity index (χ0n) is 10.4. The molecular formula is C15H15ClFNS. The largest absolute Gasteiger partial charge is 0.326 e. The van der Waals surface area contributed by atoms with Crippen LogP contribution in [0.4, 0.5) is 4.39 Å². The summed E-state index contributed by atoms with van der Waals surface area (Å²) >= 11 is 7.85. The summed E-state index contributed by atoms with van der Waals surface area (Å²) in [6.07, 6.45) is 0. The van der Waals surface area contributed by atoms with Gasteiger partial charge in [0.2, 0.25) is 0 Å². The Labute approximate surface area is 122 Å². The highest BCUT2D eigenvalue weighted by Gasteiger charge is 2.04. The van der Waals surface area contributed by atoms with E-state index in [4.69, 9.17) is 17.3 Å². The first kappa shape index (κ1) is 14.4. The molecular weight excluding hydrogens is 281 g/mol. The average Bonchev–Trinajstić information content (AvgIpc) is 2.42. The minimum Gasteiger partial charge on any atom is -0.326 e. The van der Waals surface area contributed by atoms with Crippen LogP contribution in [0, 0.1) is 5.82 Å². The Bertz CT molecular complexity index is 560. The van der Waals surface area contributed by atoms with Crippen molar-refractivity contribution in [1.29, 1.82) is 0 Å². The zero-order valence-corrected chi connectivity index (χ0v) is 12.0. The molecule has 2 rings (SSSR count). The number of benzene rings is 2. The Morgan fingerprint density at radius 2 is 1.74 bits per heavy atom. The van der Waals surface area contributed by atoms with Gasteiger partial charge in [0, 0.05) is 23.1 Å². The van der Waals surface area contributed by atoms with Crippen molar-refractivity contribution in [2.45, 2.75) is 18.1 Å². The van der Waals surface area contributed by atoms with Gasteiger partial charge in [-0.25, -0.2) is 4.39 Å². The monoisotopic (exact) mass is 295 g/mol. The molecule has 19 heavy (non-hydrogen) atoms. The summed E-state index contributed by atoms with van der Waals surface area (Å²) in [5.74, 6) is 1.40. The van der Waals surface area contributed by atoms with E-state index in [0.29, 0.717) is 6.54 Å². The quantitative estimate of drug-likeness (QED) is 0.886. The molecule has 0 amide bonds. The van der Waals surface area contributed by atoms with Gasteiger partial charge in [-0.2, -0.15) is 11.8 Å². The summed E-state index contributed by atoms with van der Waals surface area (Å²) in [5.41, 5.74) is 8.70. The van der Waals surface area contributed by atoms with Gasteiger partial charge in [0.15, 0.2) is 0 Å². The van der Waals surface area contributed by atoms with E-state index < -0.39 is 0 Å². The number of hydrogen-bond acceptors (Lipinski definition) is 2. The Morgan fingerprint density at radius 3 is 2.47 bits per heavy atom. The normalized spacial score (nSPS) is 10.7. The fourth-order valence-electron chi connectivity index (χ4n) is 1.81. The highest BCUT2D eigenvalue weighted by molar-refractivity contribution is 7.97. The van der Waals surface area contributed by atoms with Crippen LogP contribution in [-0.2, 0) is 18.1 Å². The standard InChI is InChI=1S/C15H15ClFNS/c16-15-4-2-1-3-12(15)10-19-9-11-5-6-14(17)7-13(11)8-18/h1-7H,8-10,18H2. The van der Waals surface area contributed by atoms with Gasteiger partial charge in [-0.1, -0.05) is 35.9 Å². The van der Waals surface area contributed by atoms with Crippen LogP contribution in [-0.4, -0.2) is 0 Å². The molecule has 4 heteroatoms. The van der Waals surface area contributed by atoms with Crippen LogP contribution in [0.2, 0.25) is 5.02 Å². The van der Waals surface area contributed by atoms with Gasteiger partial charge < -0.3 is 5.73 Å². The van der Waals surface area contributed by atoms with Crippen LogP contribution < -0.4 is 5.73 Å². The molecule has 0 spiro atoms. The van der Waals surface area contributed by atoms with E-state index >= 15 is 0 Å². The minimum absolute atomic E-state index is 0.236. The predicted molar refractivity (Wildman–Crippen MR) is 80.7 cm³/mol. The molecule has 0 atom stereocenters. The maximum Gasteiger partial charge on any atom is 0.123 e. The first-order valence-electron chi connectivity index (χ1n) is 5.99. The molecule has 0 heterocycles. The van der Waals surface area contributed by atoms with E-state index in [1.54, 1.807) is 17.8 Å². The van der Waals surface area contributed by atoms with Gasteiger partial charge >= 0.3 is 0 Å². The van der Waals surface area contributed by atoms with Crippen molar-refractivity contribution in [2.24, 2.45) is 5.73 Å². The molecule has 1 nitrogen and oxygen atoms in total. The Balaban J connectivity index is 1.98. The molecule has 0 aliphatic heterocycles. The summed E-state index contributed by atoms with van der Waals surface area (Å²) in [7, 11) is 0. The lowest BCUT2D eigenvalue weighted by Crippen LogP contribution is -2.01. The van der Waals surface area contributed by atoms with Crippen molar-refractivity contribution in [2.75, 3.05) is 0 Å². The van der Waals surface area contributed by atoms with Gasteiger partial charge in [-0.15, -0.1) is 0 Å². The molecule has 0 aliphatic carbocycles. The van der Waals surface area contributed by atoms with E-state index in [0.717, 1.165) is 33.2 Å². The Hall–Kier alpha value is -1.03. The predicted octanol–water partition coefficient (Wildman–Crippen LogP) is 4.37. The Kier molecular flexibility index (Phi) is 5.25. The highest BCUT2D eigenvalue weighted by atomic mass is 35.5. The summed E-state index contributed by atoms with van der Waals surface area (Å²) in [5, 5.41) is 0.785. The third-order valence-corrected chi connectivity index (χ3v) is 4.26. The lowest BCUT2D eigenvalue weighted by Gasteiger charge is -2.08. The van der Waals surface area contributed by atoms with Gasteiger partial charge in [0.25, 0.3) is 0 Å². The van der Waals surface area contributed by atoms with Crippen LogP contribution in [0.5, 0.6) is 0 Å². The second kappa shape index (κ2) is 6.94. The first-order chi connectivity index (χ1) is 9.20. The number of thioether (sulfide) groups is 1. The fourth-order valence-corrected chi connectivity index (χ4v) is 3.17. The van der Waals surface area contributed by atoms with Gasteiger partial charge in [0.05, 0.1) is 0 Å². The topological polar surface area (TPSA) is 26.0 Å². The highest BCUT2D eigenvalue weighted by Crippen LogP contribution is 2.24. The first-order valence-corrected chi connectivity index (χ1v) is 7.52. The number of nitrogens with two attached hydrogens (primary N) is 1. The van der Waals surface area contributed by atoms with Crippen molar-refractivity contribution in [3.63, 3.8) is 0 Å². The molecule has 0 aliphatic rings. The minimum atomic E-state index is -0.236. The molecule has 2 aromatic carbocycles. The molecule has 0 unspecified atom stereocenters. The maximum absolute atomic E-state index is 13.1. The van der Waals surface area contributed by atoms with E-state index in [1.165, 1.54) is 12.1 Å². The van der Waals surface area contributed by atoms with Crippen molar-refractivity contribution in [3.8, 4) is 0 Å². The number of hydrogen-bond donors (Lipinski definition) is 1.